The van der Waals surface area contributed by atoms with E-state index < -0.39 is 9.84 Å². The average molecular weight is 239 g/mol. The Hall–Kier alpha value is -1.03. The minimum absolute atomic E-state index is 0.128. The maximum absolute atomic E-state index is 12.1. The molecular formula is C12H17NO2S. The highest BCUT2D eigenvalue weighted by Gasteiger charge is 2.28. The molecule has 0 radical (unpaired) electrons. The molecule has 0 unspecified atom stereocenters. The van der Waals surface area contributed by atoms with Gasteiger partial charge in [0.2, 0.25) is 0 Å². The Morgan fingerprint density at radius 1 is 1.25 bits per heavy atom. The fraction of sp³-hybridized carbons (Fsp3) is 0.500. The van der Waals surface area contributed by atoms with Crippen molar-refractivity contribution in [3.8, 4) is 0 Å². The lowest BCUT2D eigenvalue weighted by Crippen LogP contribution is -2.19. The van der Waals surface area contributed by atoms with Crippen LogP contribution in [0.25, 0.3) is 0 Å². The molecule has 1 fully saturated rings. The normalized spacial score (nSPS) is 17.8. The molecule has 0 amide bonds. The van der Waals surface area contributed by atoms with Gasteiger partial charge in [-0.05, 0) is 30.5 Å². The van der Waals surface area contributed by atoms with Crippen LogP contribution in [0.5, 0.6) is 0 Å². The van der Waals surface area contributed by atoms with Gasteiger partial charge in [-0.2, -0.15) is 0 Å². The molecule has 0 saturated heterocycles. The summed E-state index contributed by atoms with van der Waals surface area (Å²) in [7, 11) is -2.99. The van der Waals surface area contributed by atoms with Gasteiger partial charge in [-0.3, -0.25) is 0 Å². The van der Waals surface area contributed by atoms with Crippen molar-refractivity contribution in [2.45, 2.75) is 36.7 Å². The maximum Gasteiger partial charge on any atom is 0.157 e. The van der Waals surface area contributed by atoms with Gasteiger partial charge in [-0.15, -0.1) is 0 Å². The van der Waals surface area contributed by atoms with Crippen molar-refractivity contribution in [3.05, 3.63) is 29.8 Å². The van der Waals surface area contributed by atoms with Gasteiger partial charge in [0.25, 0.3) is 0 Å². The first-order chi connectivity index (χ1) is 7.58. The first-order valence-corrected chi connectivity index (χ1v) is 7.35. The van der Waals surface area contributed by atoms with Crippen LogP contribution >= 0.6 is 0 Å². The Morgan fingerprint density at radius 3 is 2.56 bits per heavy atom. The third-order valence-corrected chi connectivity index (χ3v) is 5.35. The molecule has 3 nitrogen and oxygen atoms in total. The van der Waals surface area contributed by atoms with Crippen LogP contribution < -0.4 is 5.73 Å². The molecule has 1 saturated carbocycles. The van der Waals surface area contributed by atoms with E-state index in [1.165, 1.54) is 0 Å². The topological polar surface area (TPSA) is 60.2 Å². The molecule has 1 aliphatic carbocycles. The molecule has 2 N–H and O–H groups in total. The Labute approximate surface area is 96.6 Å². The standard InChI is InChI=1S/C12H17NO2S/c13-11-5-3-4-10(8-11)9-16(14,15)12-6-1-2-7-12/h3-5,8,12H,1-2,6-7,9,13H2. The van der Waals surface area contributed by atoms with Gasteiger partial charge in [0.05, 0.1) is 11.0 Å². The lowest BCUT2D eigenvalue weighted by atomic mass is 10.2. The van der Waals surface area contributed by atoms with E-state index in [1.54, 1.807) is 18.2 Å². The largest absolute Gasteiger partial charge is 0.399 e. The van der Waals surface area contributed by atoms with Gasteiger partial charge in [0, 0.05) is 5.69 Å². The molecule has 1 aromatic carbocycles. The van der Waals surface area contributed by atoms with Crippen LogP contribution in [0, 0.1) is 0 Å². The van der Waals surface area contributed by atoms with E-state index in [2.05, 4.69) is 0 Å². The number of rotatable bonds is 3. The van der Waals surface area contributed by atoms with E-state index in [9.17, 15) is 8.42 Å². The number of nitrogens with two attached hydrogens (primary N) is 1. The van der Waals surface area contributed by atoms with Crippen LogP contribution in [0.2, 0.25) is 0 Å². The molecule has 0 aliphatic heterocycles. The molecule has 0 aromatic heterocycles. The average Bonchev–Trinajstić information content (AvgIpc) is 2.69. The van der Waals surface area contributed by atoms with E-state index in [4.69, 9.17) is 5.73 Å². The molecule has 0 atom stereocenters. The van der Waals surface area contributed by atoms with Gasteiger partial charge < -0.3 is 5.73 Å². The second-order valence-corrected chi connectivity index (χ2v) is 6.74. The quantitative estimate of drug-likeness (QED) is 0.822. The predicted molar refractivity (Wildman–Crippen MR) is 65.7 cm³/mol. The summed E-state index contributed by atoms with van der Waals surface area (Å²) in [6.07, 6.45) is 3.73. The summed E-state index contributed by atoms with van der Waals surface area (Å²) in [6, 6.07) is 7.13. The number of hydrogen-bond donors (Lipinski definition) is 1. The van der Waals surface area contributed by atoms with Crippen LogP contribution in [0.3, 0.4) is 0 Å². The Morgan fingerprint density at radius 2 is 1.94 bits per heavy atom. The molecule has 0 spiro atoms. The molecular weight excluding hydrogens is 222 g/mol. The SMILES string of the molecule is Nc1cccc(CS(=O)(=O)C2CCCC2)c1. The zero-order valence-corrected chi connectivity index (χ0v) is 10.0. The van der Waals surface area contributed by atoms with Crippen molar-refractivity contribution in [3.63, 3.8) is 0 Å². The number of anilines is 1. The lowest BCUT2D eigenvalue weighted by molar-refractivity contribution is 0.579. The van der Waals surface area contributed by atoms with Crippen molar-refractivity contribution in [2.24, 2.45) is 0 Å². The highest BCUT2D eigenvalue weighted by molar-refractivity contribution is 7.91. The molecule has 0 bridgehead atoms. The van der Waals surface area contributed by atoms with Gasteiger partial charge in [-0.25, -0.2) is 8.42 Å². The van der Waals surface area contributed by atoms with Crippen LogP contribution in [-0.4, -0.2) is 13.7 Å². The lowest BCUT2D eigenvalue weighted by Gasteiger charge is -2.11. The number of nitrogen functional groups attached to an aromatic ring is 1. The smallest absolute Gasteiger partial charge is 0.157 e. The van der Waals surface area contributed by atoms with E-state index >= 15 is 0 Å². The van der Waals surface area contributed by atoms with E-state index in [1.807, 2.05) is 6.07 Å². The molecule has 1 aliphatic rings. The zero-order valence-electron chi connectivity index (χ0n) is 9.22. The Kier molecular flexibility index (Phi) is 3.19. The molecule has 4 heteroatoms. The Bertz CT molecular complexity index is 462. The summed E-state index contributed by atoms with van der Waals surface area (Å²) in [5, 5.41) is -0.131. The highest BCUT2D eigenvalue weighted by Crippen LogP contribution is 2.27. The third-order valence-electron chi connectivity index (χ3n) is 3.13. The molecule has 88 valence electrons. The number of benzene rings is 1. The third kappa shape index (κ3) is 2.55. The van der Waals surface area contributed by atoms with Crippen LogP contribution in [-0.2, 0) is 15.6 Å². The van der Waals surface area contributed by atoms with E-state index in [-0.39, 0.29) is 11.0 Å². The van der Waals surface area contributed by atoms with Crippen LogP contribution in [0.15, 0.2) is 24.3 Å². The summed E-state index contributed by atoms with van der Waals surface area (Å²) < 4.78 is 24.1. The van der Waals surface area contributed by atoms with E-state index in [0.29, 0.717) is 5.69 Å². The molecule has 2 rings (SSSR count). The van der Waals surface area contributed by atoms with Crippen molar-refractivity contribution in [1.29, 1.82) is 0 Å². The minimum atomic E-state index is -2.99. The summed E-state index contributed by atoms with van der Waals surface area (Å²) in [4.78, 5) is 0. The second kappa shape index (κ2) is 4.45. The fourth-order valence-corrected chi connectivity index (χ4v) is 4.21. The number of hydrogen-bond acceptors (Lipinski definition) is 3. The van der Waals surface area contributed by atoms with Gasteiger partial charge in [0.1, 0.15) is 0 Å². The number of sulfone groups is 1. The summed E-state index contributed by atoms with van der Waals surface area (Å²) in [5.74, 6) is 0.128. The Balaban J connectivity index is 2.14. The van der Waals surface area contributed by atoms with Crippen molar-refractivity contribution < 1.29 is 8.42 Å². The van der Waals surface area contributed by atoms with Gasteiger partial charge in [-0.1, -0.05) is 25.0 Å². The van der Waals surface area contributed by atoms with Gasteiger partial charge >= 0.3 is 0 Å². The summed E-state index contributed by atoms with van der Waals surface area (Å²) in [6.45, 7) is 0. The fourth-order valence-electron chi connectivity index (χ4n) is 2.28. The van der Waals surface area contributed by atoms with Crippen LogP contribution in [0.1, 0.15) is 31.2 Å². The minimum Gasteiger partial charge on any atom is -0.399 e. The first-order valence-electron chi connectivity index (χ1n) is 5.64. The first kappa shape index (κ1) is 11.5. The zero-order chi connectivity index (χ0) is 11.6. The second-order valence-electron chi connectivity index (χ2n) is 4.46. The molecule has 0 heterocycles. The highest BCUT2D eigenvalue weighted by atomic mass is 32.2. The van der Waals surface area contributed by atoms with Crippen molar-refractivity contribution in [1.82, 2.24) is 0 Å². The maximum atomic E-state index is 12.1. The summed E-state index contributed by atoms with van der Waals surface area (Å²) in [5.41, 5.74) is 7.06. The summed E-state index contributed by atoms with van der Waals surface area (Å²) >= 11 is 0. The van der Waals surface area contributed by atoms with Crippen molar-refractivity contribution in [2.75, 3.05) is 5.73 Å². The van der Waals surface area contributed by atoms with Crippen LogP contribution in [0.4, 0.5) is 5.69 Å². The molecule has 16 heavy (non-hydrogen) atoms. The monoisotopic (exact) mass is 239 g/mol. The van der Waals surface area contributed by atoms with Gasteiger partial charge in [0.15, 0.2) is 9.84 Å². The molecule has 1 aromatic rings. The van der Waals surface area contributed by atoms with E-state index in [0.717, 1.165) is 31.2 Å². The predicted octanol–water partition coefficient (Wildman–Crippen LogP) is 2.13. The van der Waals surface area contributed by atoms with Crippen molar-refractivity contribution >= 4 is 15.5 Å².